The van der Waals surface area contributed by atoms with E-state index in [0.29, 0.717) is 43.0 Å². The summed E-state index contributed by atoms with van der Waals surface area (Å²) in [7, 11) is 1.29. The first-order valence-corrected chi connectivity index (χ1v) is 12.0. The van der Waals surface area contributed by atoms with Crippen LogP contribution in [0.1, 0.15) is 24.6 Å². The van der Waals surface area contributed by atoms with Crippen molar-refractivity contribution in [1.82, 2.24) is 33.2 Å². The Balaban J connectivity index is 1.56. The Morgan fingerprint density at radius 1 is 1.24 bits per heavy atom. The van der Waals surface area contributed by atoms with Gasteiger partial charge in [-0.05, 0) is 25.0 Å². The predicted octanol–water partition coefficient (Wildman–Crippen LogP) is 1.85. The molecule has 1 aliphatic rings. The van der Waals surface area contributed by atoms with Gasteiger partial charge in [0.05, 0.1) is 18.3 Å². The lowest BCUT2D eigenvalue weighted by molar-refractivity contribution is 0.296. The predicted molar refractivity (Wildman–Crippen MR) is 125 cm³/mol. The number of hydrogen-bond acceptors (Lipinski definition) is 7. The second-order valence-electron chi connectivity index (χ2n) is 8.30. The molecule has 5 rings (SSSR count). The van der Waals surface area contributed by atoms with Crippen molar-refractivity contribution in [2.24, 2.45) is 0 Å². The number of aromatic amines is 1. The van der Waals surface area contributed by atoms with Crippen LogP contribution in [0.3, 0.4) is 0 Å². The van der Waals surface area contributed by atoms with Crippen LogP contribution in [0.4, 0.5) is 5.82 Å². The summed E-state index contributed by atoms with van der Waals surface area (Å²) in [5.74, 6) is 1.85. The average molecular weight is 471 g/mol. The van der Waals surface area contributed by atoms with Crippen LogP contribution in [-0.2, 0) is 10.2 Å². The van der Waals surface area contributed by atoms with Crippen molar-refractivity contribution in [3.63, 3.8) is 0 Å². The van der Waals surface area contributed by atoms with Crippen LogP contribution in [0.25, 0.3) is 27.8 Å². The quantitative estimate of drug-likeness (QED) is 0.454. The van der Waals surface area contributed by atoms with E-state index in [1.54, 1.807) is 25.7 Å². The first-order chi connectivity index (χ1) is 15.8. The number of nitrogens with zero attached hydrogens (tertiary/aromatic N) is 6. The number of para-hydroxylation sites is 1. The number of anilines is 1. The van der Waals surface area contributed by atoms with E-state index in [9.17, 15) is 8.42 Å². The number of aromatic nitrogens is 5. The highest BCUT2D eigenvalue weighted by Gasteiger charge is 2.33. The van der Waals surface area contributed by atoms with Gasteiger partial charge in [0.15, 0.2) is 5.82 Å². The maximum atomic E-state index is 12.5. The van der Waals surface area contributed by atoms with Crippen molar-refractivity contribution >= 4 is 32.4 Å². The molecule has 0 saturated carbocycles. The number of imidazole rings is 1. The highest BCUT2D eigenvalue weighted by molar-refractivity contribution is 7.86. The number of benzene rings is 1. The molecule has 0 radical (unpaired) electrons. The summed E-state index contributed by atoms with van der Waals surface area (Å²) in [4.78, 5) is 12.5. The third-order valence-electron chi connectivity index (χ3n) is 6.19. The fourth-order valence-electron chi connectivity index (χ4n) is 4.43. The van der Waals surface area contributed by atoms with Gasteiger partial charge in [-0.1, -0.05) is 12.1 Å². The summed E-state index contributed by atoms with van der Waals surface area (Å²) < 4.78 is 35.0. The van der Waals surface area contributed by atoms with Gasteiger partial charge in [0.25, 0.3) is 10.2 Å². The molecule has 4 aromatic rings. The maximum Gasteiger partial charge on any atom is 0.281 e. The van der Waals surface area contributed by atoms with Gasteiger partial charge in [0, 0.05) is 38.5 Å². The lowest BCUT2D eigenvalue weighted by Gasteiger charge is -2.32. The molecule has 1 fully saturated rings. The Hall–Kier alpha value is -3.22. The monoisotopic (exact) mass is 470 g/mol. The molecular formula is C21H26N8O3S. The number of ether oxygens (including phenoxy) is 1. The molecule has 0 atom stereocenters. The Kier molecular flexibility index (Phi) is 5.22. The first kappa shape index (κ1) is 21.6. The van der Waals surface area contributed by atoms with Crippen LogP contribution in [0, 0.1) is 0 Å². The third kappa shape index (κ3) is 3.50. The first-order valence-electron chi connectivity index (χ1n) is 10.6. The van der Waals surface area contributed by atoms with Crippen molar-refractivity contribution in [3.8, 4) is 17.1 Å². The molecule has 174 valence electrons. The molecule has 1 aromatic carbocycles. The molecule has 3 N–H and O–H groups in total. The molecule has 33 heavy (non-hydrogen) atoms. The Morgan fingerprint density at radius 2 is 2.00 bits per heavy atom. The van der Waals surface area contributed by atoms with Crippen LogP contribution in [-0.4, -0.2) is 75.9 Å². The van der Waals surface area contributed by atoms with Gasteiger partial charge in [-0.25, -0.2) is 14.5 Å². The molecule has 0 bridgehead atoms. The van der Waals surface area contributed by atoms with Crippen molar-refractivity contribution in [3.05, 3.63) is 36.4 Å². The number of methoxy groups -OCH3 is 1. The molecule has 0 spiro atoms. The summed E-state index contributed by atoms with van der Waals surface area (Å²) >= 11 is 0. The van der Waals surface area contributed by atoms with E-state index >= 15 is 0 Å². The zero-order valence-corrected chi connectivity index (χ0v) is 19.5. The Bertz CT molecular complexity index is 1430. The lowest BCUT2D eigenvalue weighted by Crippen LogP contribution is -2.44. The fraction of sp³-hybridized carbons (Fsp3) is 0.381. The van der Waals surface area contributed by atoms with Crippen molar-refractivity contribution in [2.75, 3.05) is 40.0 Å². The lowest BCUT2D eigenvalue weighted by atomic mass is 9.97. The SMILES string of the molecule is COc1cccc2cc(-c3nc(C4CCN(S(=O)(=O)N(C)C)CC4)n4ncnc(N)c34)[nH]c12. The van der Waals surface area contributed by atoms with Crippen LogP contribution in [0.2, 0.25) is 0 Å². The molecule has 4 heterocycles. The van der Waals surface area contributed by atoms with E-state index in [0.717, 1.165) is 28.2 Å². The maximum absolute atomic E-state index is 12.5. The van der Waals surface area contributed by atoms with Gasteiger partial charge >= 0.3 is 0 Å². The highest BCUT2D eigenvalue weighted by Crippen LogP contribution is 2.36. The molecule has 1 aliphatic heterocycles. The van der Waals surface area contributed by atoms with Gasteiger partial charge in [-0.15, -0.1) is 0 Å². The largest absolute Gasteiger partial charge is 0.495 e. The van der Waals surface area contributed by atoms with Crippen molar-refractivity contribution in [2.45, 2.75) is 18.8 Å². The number of nitrogens with one attached hydrogen (secondary N) is 1. The summed E-state index contributed by atoms with van der Waals surface area (Å²) in [5, 5.41) is 5.42. The van der Waals surface area contributed by atoms with Gasteiger partial charge < -0.3 is 15.5 Å². The molecule has 12 heteroatoms. The number of rotatable bonds is 5. The van der Waals surface area contributed by atoms with Crippen LogP contribution >= 0.6 is 0 Å². The Morgan fingerprint density at radius 3 is 2.70 bits per heavy atom. The molecule has 1 saturated heterocycles. The third-order valence-corrected chi connectivity index (χ3v) is 8.13. The summed E-state index contributed by atoms with van der Waals surface area (Å²) in [6, 6.07) is 7.83. The number of piperidine rings is 1. The summed E-state index contributed by atoms with van der Waals surface area (Å²) in [5.41, 5.74) is 9.20. The van der Waals surface area contributed by atoms with E-state index in [4.69, 9.17) is 15.5 Å². The minimum Gasteiger partial charge on any atom is -0.495 e. The zero-order valence-electron chi connectivity index (χ0n) is 18.7. The number of nitrogen functional groups attached to an aromatic ring is 1. The van der Waals surface area contributed by atoms with Crippen LogP contribution < -0.4 is 10.5 Å². The van der Waals surface area contributed by atoms with E-state index in [1.807, 2.05) is 24.3 Å². The molecule has 3 aromatic heterocycles. The molecule has 0 aliphatic carbocycles. The van der Waals surface area contributed by atoms with E-state index in [1.165, 1.54) is 14.9 Å². The standard InChI is InChI=1S/C21H26N8O3S/c1-27(2)33(30,31)28-9-7-13(8-10-28)21-26-18(19-20(22)23-12-24-29(19)21)15-11-14-5-4-6-16(32-3)17(14)25-15/h4-6,11-13,25H,7-10H2,1-3H3,(H2,22,23,24). The number of nitrogens with two attached hydrogens (primary N) is 1. The smallest absolute Gasteiger partial charge is 0.281 e. The van der Waals surface area contributed by atoms with Gasteiger partial charge in [0.1, 0.15) is 29.1 Å². The molecule has 11 nitrogen and oxygen atoms in total. The molecule has 0 amide bonds. The minimum atomic E-state index is -3.44. The Labute approximate surface area is 191 Å². The zero-order chi connectivity index (χ0) is 23.3. The van der Waals surface area contributed by atoms with E-state index < -0.39 is 10.2 Å². The van der Waals surface area contributed by atoms with Crippen LogP contribution in [0.15, 0.2) is 30.6 Å². The number of hydrogen-bond donors (Lipinski definition) is 2. The highest BCUT2D eigenvalue weighted by atomic mass is 32.2. The average Bonchev–Trinajstić information content (AvgIpc) is 3.41. The normalized spacial score (nSPS) is 16.2. The second-order valence-corrected chi connectivity index (χ2v) is 10.4. The number of fused-ring (bicyclic) bond motifs is 2. The molecule has 0 unspecified atom stereocenters. The minimum absolute atomic E-state index is 0.0353. The van der Waals surface area contributed by atoms with Crippen molar-refractivity contribution in [1.29, 1.82) is 0 Å². The van der Waals surface area contributed by atoms with E-state index in [2.05, 4.69) is 15.1 Å². The van der Waals surface area contributed by atoms with E-state index in [-0.39, 0.29) is 5.92 Å². The molecular weight excluding hydrogens is 444 g/mol. The van der Waals surface area contributed by atoms with Gasteiger partial charge in [-0.2, -0.15) is 22.1 Å². The van der Waals surface area contributed by atoms with Gasteiger partial charge in [0.2, 0.25) is 0 Å². The topological polar surface area (TPSA) is 135 Å². The van der Waals surface area contributed by atoms with Gasteiger partial charge in [-0.3, -0.25) is 0 Å². The second kappa shape index (κ2) is 7.97. The number of H-pyrrole nitrogens is 1. The summed E-state index contributed by atoms with van der Waals surface area (Å²) in [6.07, 6.45) is 2.68. The summed E-state index contributed by atoms with van der Waals surface area (Å²) in [6.45, 7) is 0.832. The van der Waals surface area contributed by atoms with Crippen molar-refractivity contribution < 1.29 is 13.2 Å². The fourth-order valence-corrected chi connectivity index (χ4v) is 5.57. The van der Waals surface area contributed by atoms with Crippen LogP contribution in [0.5, 0.6) is 5.75 Å².